The van der Waals surface area contributed by atoms with Crippen LogP contribution < -0.4 is 4.90 Å². The van der Waals surface area contributed by atoms with Gasteiger partial charge in [-0.05, 0) is 43.7 Å². The molecule has 1 aliphatic heterocycles. The van der Waals surface area contributed by atoms with Gasteiger partial charge in [0.2, 0.25) is 0 Å². The molecule has 5 heteroatoms. The molecule has 0 bridgehead atoms. The van der Waals surface area contributed by atoms with Gasteiger partial charge in [-0.2, -0.15) is 0 Å². The van der Waals surface area contributed by atoms with Crippen molar-refractivity contribution in [2.45, 2.75) is 26.0 Å². The molecule has 2 atom stereocenters. The van der Waals surface area contributed by atoms with E-state index in [4.69, 9.17) is 4.74 Å². The highest BCUT2D eigenvalue weighted by molar-refractivity contribution is 9.10. The third-order valence-corrected chi connectivity index (χ3v) is 5.66. The summed E-state index contributed by atoms with van der Waals surface area (Å²) in [5.74, 6) is 0.0818. The van der Waals surface area contributed by atoms with E-state index < -0.39 is 0 Å². The van der Waals surface area contributed by atoms with E-state index in [2.05, 4.69) is 40.0 Å². The number of hydrogen-bond donors (Lipinski definition) is 0. The van der Waals surface area contributed by atoms with Gasteiger partial charge >= 0.3 is 0 Å². The molecule has 26 heavy (non-hydrogen) atoms. The van der Waals surface area contributed by atoms with Gasteiger partial charge in [-0.15, -0.1) is 0 Å². The van der Waals surface area contributed by atoms with Gasteiger partial charge in [0.05, 0.1) is 12.1 Å². The first-order valence-corrected chi connectivity index (χ1v) is 9.57. The molecule has 2 aromatic rings. The van der Waals surface area contributed by atoms with Crippen molar-refractivity contribution >= 4 is 27.5 Å². The molecule has 2 aromatic carbocycles. The summed E-state index contributed by atoms with van der Waals surface area (Å²) in [7, 11) is 3.78. The van der Waals surface area contributed by atoms with E-state index in [1.54, 1.807) is 7.11 Å². The Kier molecular flexibility index (Phi) is 5.68. The molecular formula is C21H25BrN2O2. The van der Waals surface area contributed by atoms with Crippen molar-refractivity contribution < 1.29 is 9.53 Å². The van der Waals surface area contributed by atoms with Gasteiger partial charge in [0, 0.05) is 43.0 Å². The van der Waals surface area contributed by atoms with Gasteiger partial charge < -0.3 is 14.5 Å². The van der Waals surface area contributed by atoms with E-state index in [0.29, 0.717) is 13.1 Å². The molecule has 1 amide bonds. The summed E-state index contributed by atoms with van der Waals surface area (Å²) in [6.45, 7) is 5.25. The van der Waals surface area contributed by atoms with Crippen LogP contribution in [-0.4, -0.2) is 50.2 Å². The average molecular weight is 417 g/mol. The highest BCUT2D eigenvalue weighted by Crippen LogP contribution is 2.27. The summed E-state index contributed by atoms with van der Waals surface area (Å²) >= 11 is 3.53. The van der Waals surface area contributed by atoms with Crippen LogP contribution in [0.2, 0.25) is 0 Å². The SMILES string of the molecule is COC1CN(C(=O)c2cc(C)ccc2C)CC1N(C)c1cccc(Br)c1. The Bertz CT molecular complexity index is 808. The second-order valence-electron chi connectivity index (χ2n) is 6.96. The van der Waals surface area contributed by atoms with Crippen LogP contribution in [0, 0.1) is 13.8 Å². The fourth-order valence-corrected chi connectivity index (χ4v) is 3.94. The Balaban J connectivity index is 1.82. The summed E-state index contributed by atoms with van der Waals surface area (Å²) < 4.78 is 6.76. The number of aryl methyl sites for hydroxylation is 2. The molecule has 0 radical (unpaired) electrons. The van der Waals surface area contributed by atoms with E-state index in [1.165, 1.54) is 0 Å². The molecule has 3 rings (SSSR count). The van der Waals surface area contributed by atoms with E-state index in [9.17, 15) is 4.79 Å². The van der Waals surface area contributed by atoms with Crippen LogP contribution in [0.3, 0.4) is 0 Å². The number of hydrogen-bond acceptors (Lipinski definition) is 3. The van der Waals surface area contributed by atoms with Crippen LogP contribution in [0.5, 0.6) is 0 Å². The normalized spacial score (nSPS) is 19.7. The second kappa shape index (κ2) is 7.80. The minimum Gasteiger partial charge on any atom is -0.377 e. The standard InChI is InChI=1S/C21H25BrN2O2/c1-14-8-9-15(2)18(10-14)21(25)24-12-19(20(13-24)26-4)23(3)17-7-5-6-16(22)11-17/h5-11,19-20H,12-13H2,1-4H3. The zero-order chi connectivity index (χ0) is 18.8. The third kappa shape index (κ3) is 3.79. The van der Waals surface area contributed by atoms with Crippen LogP contribution in [0.15, 0.2) is 46.9 Å². The van der Waals surface area contributed by atoms with Crippen LogP contribution in [0.4, 0.5) is 5.69 Å². The number of likely N-dealkylation sites (N-methyl/N-ethyl adjacent to an activating group) is 1. The molecule has 1 aliphatic rings. The molecule has 1 heterocycles. The smallest absolute Gasteiger partial charge is 0.254 e. The molecule has 1 fully saturated rings. The van der Waals surface area contributed by atoms with Crippen molar-refractivity contribution in [3.63, 3.8) is 0 Å². The number of halogens is 1. The fraction of sp³-hybridized carbons (Fsp3) is 0.381. The van der Waals surface area contributed by atoms with Gasteiger partial charge in [-0.3, -0.25) is 4.79 Å². The lowest BCUT2D eigenvalue weighted by atomic mass is 10.0. The van der Waals surface area contributed by atoms with Crippen LogP contribution >= 0.6 is 15.9 Å². The number of anilines is 1. The zero-order valence-corrected chi connectivity index (χ0v) is 17.3. The number of benzene rings is 2. The molecule has 2 unspecified atom stereocenters. The largest absolute Gasteiger partial charge is 0.377 e. The van der Waals surface area contributed by atoms with Gasteiger partial charge in [-0.1, -0.05) is 39.7 Å². The average Bonchev–Trinajstić information content (AvgIpc) is 3.07. The van der Waals surface area contributed by atoms with Gasteiger partial charge in [-0.25, -0.2) is 0 Å². The molecule has 4 nitrogen and oxygen atoms in total. The maximum absolute atomic E-state index is 13.1. The molecule has 1 saturated heterocycles. The lowest BCUT2D eigenvalue weighted by Crippen LogP contribution is -2.42. The number of carbonyl (C=O) groups excluding carboxylic acids is 1. The molecule has 138 valence electrons. The van der Waals surface area contributed by atoms with Crippen molar-refractivity contribution in [1.29, 1.82) is 0 Å². The zero-order valence-electron chi connectivity index (χ0n) is 15.7. The first-order chi connectivity index (χ1) is 12.4. The molecule has 0 spiro atoms. The number of carbonyl (C=O) groups is 1. The minimum atomic E-state index is -0.0203. The van der Waals surface area contributed by atoms with Crippen molar-refractivity contribution in [2.24, 2.45) is 0 Å². The van der Waals surface area contributed by atoms with E-state index in [0.717, 1.165) is 26.9 Å². The fourth-order valence-electron chi connectivity index (χ4n) is 3.55. The highest BCUT2D eigenvalue weighted by atomic mass is 79.9. The Hall–Kier alpha value is -1.85. The molecule has 0 N–H and O–H groups in total. The van der Waals surface area contributed by atoms with Crippen LogP contribution in [0.25, 0.3) is 0 Å². The monoisotopic (exact) mass is 416 g/mol. The summed E-state index contributed by atoms with van der Waals surface area (Å²) in [6, 6.07) is 14.3. The van der Waals surface area contributed by atoms with Crippen molar-refractivity contribution in [3.05, 3.63) is 63.6 Å². The van der Waals surface area contributed by atoms with Crippen LogP contribution in [-0.2, 0) is 4.74 Å². The minimum absolute atomic E-state index is 0.0203. The molecule has 0 saturated carbocycles. The second-order valence-corrected chi connectivity index (χ2v) is 7.88. The number of amides is 1. The van der Waals surface area contributed by atoms with E-state index >= 15 is 0 Å². The number of likely N-dealkylation sites (tertiary alicyclic amines) is 1. The number of methoxy groups -OCH3 is 1. The highest BCUT2D eigenvalue weighted by Gasteiger charge is 2.38. The quantitative estimate of drug-likeness (QED) is 0.753. The van der Waals surface area contributed by atoms with Gasteiger partial charge in [0.15, 0.2) is 0 Å². The summed E-state index contributed by atoms with van der Waals surface area (Å²) in [4.78, 5) is 17.2. The Morgan fingerprint density at radius 2 is 1.96 bits per heavy atom. The van der Waals surface area contributed by atoms with Gasteiger partial charge in [0.1, 0.15) is 0 Å². The Labute approximate surface area is 163 Å². The third-order valence-electron chi connectivity index (χ3n) is 5.16. The summed E-state index contributed by atoms with van der Waals surface area (Å²) in [5, 5.41) is 0. The summed E-state index contributed by atoms with van der Waals surface area (Å²) in [6.07, 6.45) is -0.0203. The first kappa shape index (κ1) is 18.9. The number of ether oxygens (including phenoxy) is 1. The van der Waals surface area contributed by atoms with Crippen molar-refractivity contribution in [3.8, 4) is 0 Å². The molecule has 0 aliphatic carbocycles. The maximum Gasteiger partial charge on any atom is 0.254 e. The van der Waals surface area contributed by atoms with Crippen molar-refractivity contribution in [1.82, 2.24) is 4.90 Å². The topological polar surface area (TPSA) is 32.8 Å². The van der Waals surface area contributed by atoms with E-state index in [-0.39, 0.29) is 18.1 Å². The Morgan fingerprint density at radius 1 is 1.19 bits per heavy atom. The molecule has 0 aromatic heterocycles. The molecular weight excluding hydrogens is 392 g/mol. The predicted molar refractivity (Wildman–Crippen MR) is 109 cm³/mol. The lowest BCUT2D eigenvalue weighted by molar-refractivity contribution is 0.0715. The summed E-state index contributed by atoms with van der Waals surface area (Å²) in [5.41, 5.74) is 4.00. The van der Waals surface area contributed by atoms with Gasteiger partial charge in [0.25, 0.3) is 5.91 Å². The number of nitrogens with zero attached hydrogens (tertiary/aromatic N) is 2. The predicted octanol–water partition coefficient (Wildman–Crippen LogP) is 4.04. The lowest BCUT2D eigenvalue weighted by Gasteiger charge is -2.30. The first-order valence-electron chi connectivity index (χ1n) is 8.78. The Morgan fingerprint density at radius 3 is 2.65 bits per heavy atom. The number of rotatable bonds is 4. The maximum atomic E-state index is 13.1. The van der Waals surface area contributed by atoms with Crippen molar-refractivity contribution in [2.75, 3.05) is 32.1 Å². The van der Waals surface area contributed by atoms with E-state index in [1.807, 2.05) is 49.1 Å². The van der Waals surface area contributed by atoms with Crippen LogP contribution in [0.1, 0.15) is 21.5 Å².